The van der Waals surface area contributed by atoms with E-state index in [1.165, 1.54) is 0 Å². The van der Waals surface area contributed by atoms with Crippen LogP contribution in [0.25, 0.3) is 33.5 Å². The van der Waals surface area contributed by atoms with Crippen molar-refractivity contribution < 1.29 is 0 Å². The Hall–Kier alpha value is -6.26. The number of anilines is 4. The highest BCUT2D eigenvalue weighted by molar-refractivity contribution is 5.87. The number of aromatic nitrogens is 2. The summed E-state index contributed by atoms with van der Waals surface area (Å²) in [6.45, 7) is 15.5. The molecule has 4 heteroatoms. The maximum Gasteiger partial charge on any atom is 0.0973 e. The molecule has 6 rings (SSSR count). The van der Waals surface area contributed by atoms with Gasteiger partial charge in [-0.25, -0.2) is 9.97 Å². The smallest absolute Gasteiger partial charge is 0.0973 e. The van der Waals surface area contributed by atoms with Gasteiger partial charge in [-0.2, -0.15) is 0 Å². The highest BCUT2D eigenvalue weighted by Gasteiger charge is 2.16. The van der Waals surface area contributed by atoms with Crippen molar-refractivity contribution in [3.8, 4) is 22.5 Å². The third-order valence-corrected chi connectivity index (χ3v) is 7.77. The van der Waals surface area contributed by atoms with E-state index in [9.17, 15) is 0 Å². The molecular formula is C50H56N4. The summed E-state index contributed by atoms with van der Waals surface area (Å²) in [6, 6.07) is 45.9. The molecule has 0 radical (unpaired) electrons. The molecule has 276 valence electrons. The predicted octanol–water partition coefficient (Wildman–Crippen LogP) is 15.1. The van der Waals surface area contributed by atoms with Gasteiger partial charge in [-0.15, -0.1) is 6.58 Å². The van der Waals surface area contributed by atoms with E-state index in [0.29, 0.717) is 0 Å². The van der Waals surface area contributed by atoms with Crippen molar-refractivity contribution in [2.75, 3.05) is 10.2 Å². The van der Waals surface area contributed by atoms with Crippen molar-refractivity contribution in [2.24, 2.45) is 0 Å². The van der Waals surface area contributed by atoms with E-state index in [2.05, 4.69) is 134 Å². The number of fused-ring (bicyclic) bond motifs is 1. The average molecular weight is 713 g/mol. The lowest BCUT2D eigenvalue weighted by Gasteiger charge is -2.26. The van der Waals surface area contributed by atoms with Crippen LogP contribution >= 0.6 is 0 Å². The van der Waals surface area contributed by atoms with Gasteiger partial charge in [0.25, 0.3) is 0 Å². The van der Waals surface area contributed by atoms with Crippen molar-refractivity contribution >= 4 is 33.8 Å². The second-order valence-electron chi connectivity index (χ2n) is 11.9. The van der Waals surface area contributed by atoms with Crippen LogP contribution in [0.4, 0.5) is 22.7 Å². The molecular weight excluding hydrogens is 657 g/mol. The number of nitrogens with zero attached hydrogens (tertiary/aromatic N) is 3. The topological polar surface area (TPSA) is 41.0 Å². The van der Waals surface area contributed by atoms with Crippen LogP contribution in [0.1, 0.15) is 54.4 Å². The van der Waals surface area contributed by atoms with Crippen molar-refractivity contribution in [1.82, 2.24) is 9.97 Å². The Morgan fingerprint density at radius 3 is 1.44 bits per heavy atom. The zero-order chi connectivity index (χ0) is 38.8. The highest BCUT2D eigenvalue weighted by Crippen LogP contribution is 2.37. The Bertz CT molecular complexity index is 2040. The summed E-state index contributed by atoms with van der Waals surface area (Å²) in [5.74, 6) is 0. The Labute approximate surface area is 324 Å². The second kappa shape index (κ2) is 24.8. The molecule has 0 spiro atoms. The lowest BCUT2D eigenvalue weighted by atomic mass is 10.0. The Morgan fingerprint density at radius 2 is 0.963 bits per heavy atom. The molecule has 0 amide bonds. The minimum Gasteiger partial charge on any atom is -0.362 e. The van der Waals surface area contributed by atoms with Gasteiger partial charge in [-0.1, -0.05) is 135 Å². The summed E-state index contributed by atoms with van der Waals surface area (Å²) in [7, 11) is 0. The number of para-hydroxylation sites is 3. The molecule has 0 saturated heterocycles. The van der Waals surface area contributed by atoms with E-state index in [1.807, 2.05) is 107 Å². The molecule has 0 aliphatic heterocycles. The molecule has 5 aromatic carbocycles. The van der Waals surface area contributed by atoms with Crippen molar-refractivity contribution in [2.45, 2.75) is 54.4 Å². The van der Waals surface area contributed by atoms with E-state index in [-0.39, 0.29) is 0 Å². The summed E-state index contributed by atoms with van der Waals surface area (Å²) < 4.78 is 0. The average Bonchev–Trinajstić information content (AvgIpc) is 3.23. The molecule has 6 aromatic rings. The molecule has 0 aliphatic carbocycles. The highest BCUT2D eigenvalue weighted by atomic mass is 15.1. The summed E-state index contributed by atoms with van der Waals surface area (Å²) in [5.41, 5.74) is 9.90. The van der Waals surface area contributed by atoms with E-state index in [4.69, 9.17) is 9.97 Å². The molecule has 0 bridgehead atoms. The first-order valence-electron chi connectivity index (χ1n) is 18.8. The van der Waals surface area contributed by atoms with Crippen LogP contribution < -0.4 is 10.2 Å². The first kappa shape index (κ1) is 42.2. The molecule has 1 aromatic heterocycles. The quantitative estimate of drug-likeness (QED) is 0.113. The minimum absolute atomic E-state index is 0.873. The summed E-state index contributed by atoms with van der Waals surface area (Å²) >= 11 is 0. The van der Waals surface area contributed by atoms with Crippen LogP contribution in [0, 0.1) is 0 Å². The van der Waals surface area contributed by atoms with Gasteiger partial charge < -0.3 is 10.2 Å². The number of hydrogen-bond acceptors (Lipinski definition) is 4. The van der Waals surface area contributed by atoms with Gasteiger partial charge in [-0.05, 0) is 107 Å². The normalized spacial score (nSPS) is 10.7. The third kappa shape index (κ3) is 13.4. The maximum atomic E-state index is 5.06. The van der Waals surface area contributed by atoms with E-state index < -0.39 is 0 Å². The number of hydrogen-bond donors (Lipinski definition) is 1. The molecule has 4 nitrogen and oxygen atoms in total. The standard InChI is InChI=1S/C36H30N4.C7H12.C4H8.C3H6/c1-2-3-26-37-29-20-24-32(25-21-29)40(30-14-8-5-9-15-30)31-22-18-28(19-23-31)36-35(27-12-6-4-7-13-27)38-33-16-10-11-17-34(33)39-36;1-3-5-7-6-4-2;1-3-4-2;1-3-2/h3-26,37H,2H2,1H3;3,5-7H,4H2,1-2H3;3-4H,1-2H3;3H,1H2,2H3/b26-3+;5-3-,7-6-;4-3-;. The lowest BCUT2D eigenvalue weighted by Crippen LogP contribution is -2.09. The predicted molar refractivity (Wildman–Crippen MR) is 239 cm³/mol. The van der Waals surface area contributed by atoms with Gasteiger partial charge in [0.2, 0.25) is 0 Å². The summed E-state index contributed by atoms with van der Waals surface area (Å²) in [6.07, 6.45) is 20.2. The van der Waals surface area contributed by atoms with E-state index in [1.54, 1.807) is 6.08 Å². The van der Waals surface area contributed by atoms with E-state index >= 15 is 0 Å². The van der Waals surface area contributed by atoms with Gasteiger partial charge in [0.1, 0.15) is 0 Å². The lowest BCUT2D eigenvalue weighted by molar-refractivity contribution is 1.22. The van der Waals surface area contributed by atoms with Crippen molar-refractivity contribution in [3.63, 3.8) is 0 Å². The van der Waals surface area contributed by atoms with Gasteiger partial charge in [-0.3, -0.25) is 0 Å². The third-order valence-electron chi connectivity index (χ3n) is 7.77. The Morgan fingerprint density at radius 1 is 0.519 bits per heavy atom. The second-order valence-corrected chi connectivity index (χ2v) is 11.9. The first-order chi connectivity index (χ1) is 26.5. The van der Waals surface area contributed by atoms with Gasteiger partial charge >= 0.3 is 0 Å². The molecule has 1 heterocycles. The van der Waals surface area contributed by atoms with Crippen LogP contribution in [0.3, 0.4) is 0 Å². The fraction of sp³-hybridized carbons (Fsp3) is 0.160. The molecule has 0 saturated carbocycles. The monoisotopic (exact) mass is 712 g/mol. The molecule has 0 atom stereocenters. The number of benzene rings is 5. The fourth-order valence-corrected chi connectivity index (χ4v) is 5.10. The zero-order valence-electron chi connectivity index (χ0n) is 32.9. The fourth-order valence-electron chi connectivity index (χ4n) is 5.10. The van der Waals surface area contributed by atoms with Gasteiger partial charge in [0, 0.05) is 33.9 Å². The number of nitrogens with one attached hydrogen (secondary N) is 1. The van der Waals surface area contributed by atoms with Crippen LogP contribution in [0.2, 0.25) is 0 Å². The van der Waals surface area contributed by atoms with Crippen LogP contribution in [-0.4, -0.2) is 9.97 Å². The zero-order valence-corrected chi connectivity index (χ0v) is 32.9. The van der Waals surface area contributed by atoms with Gasteiger partial charge in [0.15, 0.2) is 0 Å². The minimum atomic E-state index is 0.873. The van der Waals surface area contributed by atoms with Gasteiger partial charge in [0.05, 0.1) is 22.4 Å². The first-order valence-corrected chi connectivity index (χ1v) is 18.8. The molecule has 54 heavy (non-hydrogen) atoms. The Balaban J connectivity index is 0.000000482. The molecule has 0 fully saturated rings. The van der Waals surface area contributed by atoms with Crippen LogP contribution in [0.15, 0.2) is 195 Å². The van der Waals surface area contributed by atoms with Crippen molar-refractivity contribution in [1.29, 1.82) is 0 Å². The Kier molecular flexibility index (Phi) is 19.4. The van der Waals surface area contributed by atoms with Crippen molar-refractivity contribution in [3.05, 3.63) is 195 Å². The van der Waals surface area contributed by atoms with Crippen LogP contribution in [-0.2, 0) is 0 Å². The number of rotatable bonds is 10. The molecule has 0 unspecified atom stereocenters. The number of allylic oxidation sites excluding steroid dienone is 8. The molecule has 0 aliphatic rings. The van der Waals surface area contributed by atoms with Crippen LogP contribution in [0.5, 0.6) is 0 Å². The van der Waals surface area contributed by atoms with E-state index in [0.717, 1.165) is 69.1 Å². The molecule has 1 N–H and O–H groups in total. The maximum absolute atomic E-state index is 5.06. The summed E-state index contributed by atoms with van der Waals surface area (Å²) in [5, 5.41) is 3.34. The SMILES string of the molecule is C/C=C\C.C/C=C\C=C/CC.C=CC.CC/C=C/Nc1ccc(N(c2ccccc2)c2ccc(-c3nc4ccccc4nc3-c3ccccc3)cc2)cc1. The summed E-state index contributed by atoms with van der Waals surface area (Å²) in [4.78, 5) is 12.4. The largest absolute Gasteiger partial charge is 0.362 e.